The van der Waals surface area contributed by atoms with Gasteiger partial charge < -0.3 is 4.98 Å². The molecule has 0 bridgehead atoms. The lowest BCUT2D eigenvalue weighted by atomic mass is 10.1. The molecule has 0 atom stereocenters. The van der Waals surface area contributed by atoms with Crippen molar-refractivity contribution < 1.29 is 4.39 Å². The largest absolute Gasteiger partial charge is 0.306 e. The van der Waals surface area contributed by atoms with E-state index in [9.17, 15) is 9.18 Å². The molecule has 0 radical (unpaired) electrons. The minimum Gasteiger partial charge on any atom is -0.306 e. The van der Waals surface area contributed by atoms with Gasteiger partial charge in [0, 0.05) is 43.4 Å². The summed E-state index contributed by atoms with van der Waals surface area (Å²) in [5, 5.41) is 0. The molecular weight excluding hydrogens is 391 g/mol. The van der Waals surface area contributed by atoms with Crippen molar-refractivity contribution in [1.82, 2.24) is 19.9 Å². The smallest absolute Gasteiger partial charge is 0.255 e. The maximum Gasteiger partial charge on any atom is 0.255 e. The van der Waals surface area contributed by atoms with Gasteiger partial charge in [0.25, 0.3) is 5.56 Å². The Morgan fingerprint density at radius 3 is 2.61 bits per heavy atom. The fourth-order valence-electron chi connectivity index (χ4n) is 3.94. The molecule has 31 heavy (non-hydrogen) atoms. The van der Waals surface area contributed by atoms with Gasteiger partial charge in [-0.25, -0.2) is 9.37 Å². The summed E-state index contributed by atoms with van der Waals surface area (Å²) >= 11 is 0. The molecule has 0 spiro atoms. The molecule has 0 amide bonds. The lowest BCUT2D eigenvalue weighted by molar-refractivity contribution is 0.241. The second-order valence-corrected chi connectivity index (χ2v) is 7.73. The van der Waals surface area contributed by atoms with E-state index >= 15 is 0 Å². The number of fused-ring (bicyclic) bond motifs is 1. The summed E-state index contributed by atoms with van der Waals surface area (Å²) in [7, 11) is 0. The summed E-state index contributed by atoms with van der Waals surface area (Å²) < 4.78 is 13.4. The first-order chi connectivity index (χ1) is 15.2. The van der Waals surface area contributed by atoms with Crippen molar-refractivity contribution in [2.75, 3.05) is 6.54 Å². The number of hydrogen-bond donors (Lipinski definition) is 1. The number of hydrogen-bond acceptors (Lipinski definition) is 4. The Hall–Kier alpha value is -3.64. The summed E-state index contributed by atoms with van der Waals surface area (Å²) in [6, 6.07) is 20.0. The van der Waals surface area contributed by atoms with E-state index in [1.807, 2.05) is 54.7 Å². The predicted octanol–water partition coefficient (Wildman–Crippen LogP) is 4.20. The van der Waals surface area contributed by atoms with Crippen LogP contribution >= 0.6 is 0 Å². The molecule has 2 aromatic heterocycles. The Kier molecular flexibility index (Phi) is 5.14. The van der Waals surface area contributed by atoms with E-state index in [4.69, 9.17) is 4.98 Å². The monoisotopic (exact) mass is 412 g/mol. The molecule has 6 heteroatoms. The van der Waals surface area contributed by atoms with Crippen molar-refractivity contribution in [1.29, 1.82) is 0 Å². The molecule has 4 aromatic rings. The van der Waals surface area contributed by atoms with Crippen molar-refractivity contribution in [3.05, 3.63) is 106 Å². The molecule has 1 aliphatic rings. The number of aromatic amines is 1. The maximum absolute atomic E-state index is 13.4. The summed E-state index contributed by atoms with van der Waals surface area (Å²) in [4.78, 5) is 27.1. The number of benzene rings is 2. The van der Waals surface area contributed by atoms with Crippen molar-refractivity contribution in [2.24, 2.45) is 0 Å². The van der Waals surface area contributed by atoms with Gasteiger partial charge in [-0.05, 0) is 23.8 Å². The lowest BCUT2D eigenvalue weighted by Gasteiger charge is -2.27. The zero-order chi connectivity index (χ0) is 21.2. The van der Waals surface area contributed by atoms with Crippen molar-refractivity contribution in [2.45, 2.75) is 19.5 Å². The minimum absolute atomic E-state index is 0.0758. The SMILES string of the molecule is O=c1[nH]c(-c2ccccc2)nc2c1CN(Cc1ccc(-c3cccc(F)c3)nc1)CC2. The van der Waals surface area contributed by atoms with Crippen LogP contribution in [0.1, 0.15) is 16.8 Å². The van der Waals surface area contributed by atoms with Gasteiger partial charge in [0.2, 0.25) is 0 Å². The third-order valence-electron chi connectivity index (χ3n) is 5.55. The van der Waals surface area contributed by atoms with E-state index in [0.29, 0.717) is 18.9 Å². The van der Waals surface area contributed by atoms with Crippen molar-refractivity contribution >= 4 is 0 Å². The van der Waals surface area contributed by atoms with Crippen LogP contribution < -0.4 is 5.56 Å². The number of nitrogens with zero attached hydrogens (tertiary/aromatic N) is 3. The van der Waals surface area contributed by atoms with E-state index in [1.165, 1.54) is 12.1 Å². The third-order valence-corrected chi connectivity index (χ3v) is 5.55. The second kappa shape index (κ2) is 8.24. The molecule has 3 heterocycles. The average Bonchev–Trinajstić information content (AvgIpc) is 2.80. The molecule has 0 saturated heterocycles. The quantitative estimate of drug-likeness (QED) is 0.546. The van der Waals surface area contributed by atoms with Crippen LogP contribution in [0.5, 0.6) is 0 Å². The molecule has 0 unspecified atom stereocenters. The van der Waals surface area contributed by atoms with E-state index < -0.39 is 0 Å². The van der Waals surface area contributed by atoms with Crippen LogP contribution in [0.3, 0.4) is 0 Å². The van der Waals surface area contributed by atoms with Gasteiger partial charge in [-0.3, -0.25) is 14.7 Å². The standard InChI is InChI=1S/C25H21FN4O/c26-20-8-4-7-19(13-20)22-10-9-17(14-27-22)15-30-12-11-23-21(16-30)25(31)29-24(28-23)18-5-2-1-3-6-18/h1-10,13-14H,11-12,15-16H2,(H,28,29,31). The van der Waals surface area contributed by atoms with Crippen molar-refractivity contribution in [3.8, 4) is 22.6 Å². The Morgan fingerprint density at radius 2 is 1.84 bits per heavy atom. The fourth-order valence-corrected chi connectivity index (χ4v) is 3.94. The van der Waals surface area contributed by atoms with E-state index in [2.05, 4.69) is 14.9 Å². The lowest BCUT2D eigenvalue weighted by Crippen LogP contribution is -2.35. The van der Waals surface area contributed by atoms with E-state index in [0.717, 1.165) is 46.6 Å². The topological polar surface area (TPSA) is 61.9 Å². The molecule has 0 aliphatic carbocycles. The van der Waals surface area contributed by atoms with Crippen LogP contribution in [0.2, 0.25) is 0 Å². The van der Waals surface area contributed by atoms with Gasteiger partial charge in [0.15, 0.2) is 0 Å². The molecule has 154 valence electrons. The number of H-pyrrole nitrogens is 1. The average molecular weight is 412 g/mol. The zero-order valence-electron chi connectivity index (χ0n) is 16.9. The number of nitrogens with one attached hydrogen (secondary N) is 1. The highest BCUT2D eigenvalue weighted by atomic mass is 19.1. The Bertz CT molecular complexity index is 1270. The highest BCUT2D eigenvalue weighted by Gasteiger charge is 2.21. The van der Waals surface area contributed by atoms with Crippen molar-refractivity contribution in [3.63, 3.8) is 0 Å². The summed E-state index contributed by atoms with van der Waals surface area (Å²) in [6.45, 7) is 2.07. The van der Waals surface area contributed by atoms with Gasteiger partial charge in [0.05, 0.1) is 17.0 Å². The number of halogens is 1. The maximum atomic E-state index is 13.4. The molecule has 5 nitrogen and oxygen atoms in total. The molecule has 2 aromatic carbocycles. The van der Waals surface area contributed by atoms with Crippen LogP contribution in [-0.2, 0) is 19.5 Å². The van der Waals surface area contributed by atoms with Gasteiger partial charge in [-0.15, -0.1) is 0 Å². The molecular formula is C25H21FN4O. The van der Waals surface area contributed by atoms with Crippen LogP contribution in [0.25, 0.3) is 22.6 Å². The van der Waals surface area contributed by atoms with Gasteiger partial charge in [-0.2, -0.15) is 0 Å². The fraction of sp³-hybridized carbons (Fsp3) is 0.160. The van der Waals surface area contributed by atoms with Gasteiger partial charge in [-0.1, -0.05) is 48.5 Å². The Morgan fingerprint density at radius 1 is 1.00 bits per heavy atom. The highest BCUT2D eigenvalue weighted by molar-refractivity contribution is 5.59. The van der Waals surface area contributed by atoms with Crippen LogP contribution in [0.4, 0.5) is 4.39 Å². The first-order valence-corrected chi connectivity index (χ1v) is 10.3. The summed E-state index contributed by atoms with van der Waals surface area (Å²) in [5.41, 5.74) is 4.98. The minimum atomic E-state index is -0.274. The van der Waals surface area contributed by atoms with Crippen LogP contribution in [-0.4, -0.2) is 26.4 Å². The normalized spacial score (nSPS) is 13.7. The van der Waals surface area contributed by atoms with Crippen LogP contribution in [0, 0.1) is 5.82 Å². The predicted molar refractivity (Wildman–Crippen MR) is 118 cm³/mol. The van der Waals surface area contributed by atoms with E-state index in [-0.39, 0.29) is 11.4 Å². The third kappa shape index (κ3) is 4.15. The first kappa shape index (κ1) is 19.3. The zero-order valence-corrected chi connectivity index (χ0v) is 16.9. The van der Waals surface area contributed by atoms with Crippen LogP contribution in [0.15, 0.2) is 77.7 Å². The Balaban J connectivity index is 1.31. The molecule has 5 rings (SSSR count). The summed E-state index contributed by atoms with van der Waals surface area (Å²) in [6.07, 6.45) is 2.55. The molecule has 1 N–H and O–H groups in total. The molecule has 0 fully saturated rings. The first-order valence-electron chi connectivity index (χ1n) is 10.3. The molecule has 1 aliphatic heterocycles. The number of rotatable bonds is 4. The van der Waals surface area contributed by atoms with Gasteiger partial charge >= 0.3 is 0 Å². The Labute approximate surface area is 179 Å². The number of pyridine rings is 1. The summed E-state index contributed by atoms with van der Waals surface area (Å²) in [5.74, 6) is 0.347. The number of aromatic nitrogens is 3. The van der Waals surface area contributed by atoms with E-state index in [1.54, 1.807) is 6.07 Å². The van der Waals surface area contributed by atoms with Gasteiger partial charge in [0.1, 0.15) is 11.6 Å². The second-order valence-electron chi connectivity index (χ2n) is 7.73. The highest BCUT2D eigenvalue weighted by Crippen LogP contribution is 2.21. The molecule has 0 saturated carbocycles.